The van der Waals surface area contributed by atoms with Gasteiger partial charge in [0, 0.05) is 31.9 Å². The molecule has 110 valence electrons. The number of carbonyl (C=O) groups is 1. The van der Waals surface area contributed by atoms with E-state index in [1.165, 1.54) is 0 Å². The standard InChI is InChI=1S/C15H23N3O2/c1-15(2,3)20-14(19)17-9-11-18(12-10-17)16-13-7-5-4-6-8-13/h4-8,16H,9-12H2,1-3H3. The summed E-state index contributed by atoms with van der Waals surface area (Å²) in [6.07, 6.45) is -0.225. The van der Waals surface area contributed by atoms with E-state index in [0.717, 1.165) is 18.8 Å². The molecule has 0 aliphatic carbocycles. The minimum atomic E-state index is -0.434. The van der Waals surface area contributed by atoms with Crippen LogP contribution < -0.4 is 5.43 Å². The van der Waals surface area contributed by atoms with Gasteiger partial charge in [-0.15, -0.1) is 0 Å². The molecule has 0 saturated carbocycles. The zero-order chi connectivity index (χ0) is 14.6. The number of piperazine rings is 1. The number of nitrogens with zero attached hydrogens (tertiary/aromatic N) is 2. The summed E-state index contributed by atoms with van der Waals surface area (Å²) in [7, 11) is 0. The Labute approximate surface area is 120 Å². The predicted molar refractivity (Wildman–Crippen MR) is 79.4 cm³/mol. The SMILES string of the molecule is CC(C)(C)OC(=O)N1CCN(Nc2ccccc2)CC1. The fourth-order valence-corrected chi connectivity index (χ4v) is 2.02. The first-order valence-corrected chi connectivity index (χ1v) is 6.99. The number of rotatable bonds is 2. The Morgan fingerprint density at radius 1 is 1.10 bits per heavy atom. The van der Waals surface area contributed by atoms with Gasteiger partial charge in [0.15, 0.2) is 0 Å². The van der Waals surface area contributed by atoms with Crippen molar-refractivity contribution < 1.29 is 9.53 Å². The van der Waals surface area contributed by atoms with Gasteiger partial charge in [0.25, 0.3) is 0 Å². The van der Waals surface area contributed by atoms with Gasteiger partial charge in [0.05, 0.1) is 0 Å². The minimum absolute atomic E-state index is 0.225. The van der Waals surface area contributed by atoms with Gasteiger partial charge in [-0.2, -0.15) is 0 Å². The van der Waals surface area contributed by atoms with Crippen LogP contribution in [0, 0.1) is 0 Å². The molecule has 1 aromatic rings. The van der Waals surface area contributed by atoms with Crippen molar-refractivity contribution in [2.75, 3.05) is 31.6 Å². The van der Waals surface area contributed by atoms with Gasteiger partial charge in [0.2, 0.25) is 0 Å². The number of para-hydroxylation sites is 1. The molecule has 0 spiro atoms. The van der Waals surface area contributed by atoms with E-state index in [4.69, 9.17) is 4.74 Å². The van der Waals surface area contributed by atoms with Crippen molar-refractivity contribution in [2.24, 2.45) is 0 Å². The molecular formula is C15H23N3O2. The van der Waals surface area contributed by atoms with Crippen LogP contribution in [-0.4, -0.2) is 47.8 Å². The lowest BCUT2D eigenvalue weighted by Gasteiger charge is -2.36. The van der Waals surface area contributed by atoms with Gasteiger partial charge in [-0.3, -0.25) is 0 Å². The van der Waals surface area contributed by atoms with Crippen molar-refractivity contribution in [1.29, 1.82) is 0 Å². The van der Waals surface area contributed by atoms with Crippen LogP contribution in [-0.2, 0) is 4.74 Å². The molecular weight excluding hydrogens is 254 g/mol. The Morgan fingerprint density at radius 2 is 1.70 bits per heavy atom. The average molecular weight is 277 g/mol. The van der Waals surface area contributed by atoms with Crippen LogP contribution in [0.5, 0.6) is 0 Å². The third-order valence-electron chi connectivity index (χ3n) is 2.99. The average Bonchev–Trinajstić information content (AvgIpc) is 2.39. The lowest BCUT2D eigenvalue weighted by atomic mass is 10.2. The summed E-state index contributed by atoms with van der Waals surface area (Å²) in [4.78, 5) is 13.7. The quantitative estimate of drug-likeness (QED) is 0.902. The predicted octanol–water partition coefficient (Wildman–Crippen LogP) is 2.57. The van der Waals surface area contributed by atoms with E-state index in [2.05, 4.69) is 10.4 Å². The molecule has 1 aliphatic rings. The molecule has 1 aliphatic heterocycles. The first kappa shape index (κ1) is 14.7. The first-order valence-electron chi connectivity index (χ1n) is 6.99. The molecule has 2 rings (SSSR count). The lowest BCUT2D eigenvalue weighted by Crippen LogP contribution is -2.51. The van der Waals surface area contributed by atoms with Crippen LogP contribution in [0.2, 0.25) is 0 Å². The highest BCUT2D eigenvalue weighted by Gasteiger charge is 2.25. The van der Waals surface area contributed by atoms with Crippen LogP contribution in [0.15, 0.2) is 30.3 Å². The Morgan fingerprint density at radius 3 is 2.25 bits per heavy atom. The molecule has 20 heavy (non-hydrogen) atoms. The largest absolute Gasteiger partial charge is 0.444 e. The van der Waals surface area contributed by atoms with E-state index < -0.39 is 5.60 Å². The lowest BCUT2D eigenvalue weighted by molar-refractivity contribution is 0.0163. The maximum atomic E-state index is 11.9. The number of amides is 1. The van der Waals surface area contributed by atoms with Crippen LogP contribution in [0.4, 0.5) is 10.5 Å². The van der Waals surface area contributed by atoms with Gasteiger partial charge in [-0.05, 0) is 32.9 Å². The van der Waals surface area contributed by atoms with Gasteiger partial charge in [0.1, 0.15) is 5.60 Å². The molecule has 1 aromatic carbocycles. The van der Waals surface area contributed by atoms with Crippen LogP contribution >= 0.6 is 0 Å². The summed E-state index contributed by atoms with van der Waals surface area (Å²) in [5, 5.41) is 2.12. The van der Waals surface area contributed by atoms with E-state index in [-0.39, 0.29) is 6.09 Å². The first-order chi connectivity index (χ1) is 9.44. The van der Waals surface area contributed by atoms with Crippen LogP contribution in [0.1, 0.15) is 20.8 Å². The second kappa shape index (κ2) is 6.13. The summed E-state index contributed by atoms with van der Waals surface area (Å²) < 4.78 is 5.38. The van der Waals surface area contributed by atoms with E-state index in [1.54, 1.807) is 4.90 Å². The smallest absolute Gasteiger partial charge is 0.410 e. The zero-order valence-corrected chi connectivity index (χ0v) is 12.4. The summed E-state index contributed by atoms with van der Waals surface area (Å²) in [5.41, 5.74) is 3.98. The fourth-order valence-electron chi connectivity index (χ4n) is 2.02. The second-order valence-corrected chi connectivity index (χ2v) is 5.93. The number of hydrazine groups is 1. The topological polar surface area (TPSA) is 44.8 Å². The molecule has 5 nitrogen and oxygen atoms in total. The van der Waals surface area contributed by atoms with Gasteiger partial charge >= 0.3 is 6.09 Å². The third kappa shape index (κ3) is 4.42. The van der Waals surface area contributed by atoms with E-state index in [1.807, 2.05) is 51.1 Å². The molecule has 5 heteroatoms. The summed E-state index contributed by atoms with van der Waals surface area (Å²) in [5.74, 6) is 0. The number of anilines is 1. The fraction of sp³-hybridized carbons (Fsp3) is 0.533. The highest BCUT2D eigenvalue weighted by atomic mass is 16.6. The molecule has 1 fully saturated rings. The van der Waals surface area contributed by atoms with Gasteiger partial charge < -0.3 is 15.1 Å². The molecule has 1 amide bonds. The zero-order valence-electron chi connectivity index (χ0n) is 12.4. The third-order valence-corrected chi connectivity index (χ3v) is 2.99. The number of carbonyl (C=O) groups excluding carboxylic acids is 1. The molecule has 1 N–H and O–H groups in total. The number of ether oxygens (including phenoxy) is 1. The Bertz CT molecular complexity index is 434. The Hall–Kier alpha value is -1.75. The maximum Gasteiger partial charge on any atom is 0.410 e. The number of nitrogens with one attached hydrogen (secondary N) is 1. The number of hydrogen-bond donors (Lipinski definition) is 1. The molecule has 0 unspecified atom stereocenters. The van der Waals surface area contributed by atoms with Gasteiger partial charge in [-0.25, -0.2) is 9.80 Å². The van der Waals surface area contributed by atoms with Crippen molar-refractivity contribution >= 4 is 11.8 Å². The number of benzene rings is 1. The molecule has 1 heterocycles. The minimum Gasteiger partial charge on any atom is -0.444 e. The van der Waals surface area contributed by atoms with Gasteiger partial charge in [-0.1, -0.05) is 18.2 Å². The highest BCUT2D eigenvalue weighted by Crippen LogP contribution is 2.13. The van der Waals surface area contributed by atoms with E-state index in [9.17, 15) is 4.79 Å². The number of hydrogen-bond acceptors (Lipinski definition) is 4. The Kier molecular flexibility index (Phi) is 4.49. The van der Waals surface area contributed by atoms with Crippen molar-refractivity contribution in [3.8, 4) is 0 Å². The molecule has 0 atom stereocenters. The van der Waals surface area contributed by atoms with Crippen LogP contribution in [0.25, 0.3) is 0 Å². The monoisotopic (exact) mass is 277 g/mol. The van der Waals surface area contributed by atoms with E-state index >= 15 is 0 Å². The van der Waals surface area contributed by atoms with Crippen LogP contribution in [0.3, 0.4) is 0 Å². The second-order valence-electron chi connectivity index (χ2n) is 5.93. The highest BCUT2D eigenvalue weighted by molar-refractivity contribution is 5.68. The summed E-state index contributed by atoms with van der Waals surface area (Å²) in [6.45, 7) is 8.58. The van der Waals surface area contributed by atoms with Crippen molar-refractivity contribution in [3.63, 3.8) is 0 Å². The van der Waals surface area contributed by atoms with E-state index in [0.29, 0.717) is 13.1 Å². The normalized spacial score (nSPS) is 16.9. The maximum absolute atomic E-state index is 11.9. The van der Waals surface area contributed by atoms with Crippen molar-refractivity contribution in [3.05, 3.63) is 30.3 Å². The molecule has 0 bridgehead atoms. The summed E-state index contributed by atoms with van der Waals surface area (Å²) in [6, 6.07) is 10.0. The Balaban J connectivity index is 1.79. The van der Waals surface area contributed by atoms with Crippen molar-refractivity contribution in [1.82, 2.24) is 9.91 Å². The van der Waals surface area contributed by atoms with Crippen molar-refractivity contribution in [2.45, 2.75) is 26.4 Å². The molecule has 0 radical (unpaired) electrons. The molecule has 0 aromatic heterocycles. The summed E-state index contributed by atoms with van der Waals surface area (Å²) >= 11 is 0. The molecule has 1 saturated heterocycles.